The molecule has 2 aromatic heterocycles. The molecule has 3 nitrogen and oxygen atoms in total. The van der Waals surface area contributed by atoms with Crippen molar-refractivity contribution in [2.24, 2.45) is 0 Å². The number of rotatable bonds is 0. The molecule has 2 heterocycles. The smallest absolute Gasteiger partial charge is 0.206 e. The van der Waals surface area contributed by atoms with E-state index in [1.165, 1.54) is 0 Å². The second-order valence-electron chi connectivity index (χ2n) is 1.61. The minimum Gasteiger partial charge on any atom is -0.228 e. The molecule has 0 atom stereocenters. The molecule has 0 fully saturated rings. The molecule has 0 aromatic carbocycles. The Balaban J connectivity index is 2.95. The van der Waals surface area contributed by atoms with Crippen molar-refractivity contribution in [2.75, 3.05) is 0 Å². The molecule has 0 aliphatic rings. The van der Waals surface area contributed by atoms with Gasteiger partial charge in [0, 0.05) is 12.4 Å². The van der Waals surface area contributed by atoms with Crippen molar-refractivity contribution in [3.8, 4) is 0 Å². The molecular formula is C6H3N3. The molecule has 0 amide bonds. The molecule has 0 radical (unpaired) electrons. The lowest BCUT2D eigenvalue weighted by atomic mass is 10.7. The van der Waals surface area contributed by atoms with E-state index in [9.17, 15) is 0 Å². The molecule has 2 rings (SSSR count). The highest BCUT2D eigenvalue weighted by atomic mass is 15.2. The predicted molar refractivity (Wildman–Crippen MR) is 30.7 cm³/mol. The summed E-state index contributed by atoms with van der Waals surface area (Å²) in [4.78, 5) is 3.93. The summed E-state index contributed by atoms with van der Waals surface area (Å²) < 4.78 is 1.64. The second-order valence-corrected chi connectivity index (χ2v) is 1.61. The van der Waals surface area contributed by atoms with E-state index in [2.05, 4.69) is 22.2 Å². The molecule has 0 unspecified atom stereocenters. The number of hydrogen-bond acceptors (Lipinski definition) is 2. The highest BCUT2D eigenvalue weighted by Crippen LogP contribution is 1.88. The van der Waals surface area contributed by atoms with Gasteiger partial charge < -0.3 is 0 Å². The topological polar surface area (TPSA) is 30.2 Å². The van der Waals surface area contributed by atoms with Crippen LogP contribution in [0.3, 0.4) is 0 Å². The van der Waals surface area contributed by atoms with Crippen molar-refractivity contribution in [3.05, 3.63) is 30.7 Å². The quantitative estimate of drug-likeness (QED) is 0.497. The Kier molecular flexibility index (Phi) is 0.701. The molecule has 0 bridgehead atoms. The van der Waals surface area contributed by atoms with E-state index < -0.39 is 0 Å². The van der Waals surface area contributed by atoms with Gasteiger partial charge in [-0.2, -0.15) is 5.10 Å². The number of hydrogen-bond donors (Lipinski definition) is 0. The third-order valence-corrected chi connectivity index (χ3v) is 1.05. The Morgan fingerprint density at radius 3 is 3.44 bits per heavy atom. The fraction of sp³-hybridized carbons (Fsp3) is 0. The SMILES string of the molecule is c1cnn2ccnc2c#1. The Labute approximate surface area is 52.0 Å². The van der Waals surface area contributed by atoms with Crippen molar-refractivity contribution in [1.29, 1.82) is 0 Å². The van der Waals surface area contributed by atoms with E-state index in [1.54, 1.807) is 23.1 Å². The van der Waals surface area contributed by atoms with Gasteiger partial charge >= 0.3 is 0 Å². The van der Waals surface area contributed by atoms with Crippen LogP contribution in [0.15, 0.2) is 18.6 Å². The largest absolute Gasteiger partial charge is 0.228 e. The summed E-state index contributed by atoms with van der Waals surface area (Å²) in [7, 11) is 0. The van der Waals surface area contributed by atoms with Crippen molar-refractivity contribution in [3.63, 3.8) is 0 Å². The number of aromatic nitrogens is 3. The molecule has 0 aliphatic carbocycles. The van der Waals surface area contributed by atoms with Crippen LogP contribution < -0.4 is 0 Å². The summed E-state index contributed by atoms with van der Waals surface area (Å²) in [6.45, 7) is 0. The highest BCUT2D eigenvalue weighted by Gasteiger charge is 1.85. The van der Waals surface area contributed by atoms with E-state index >= 15 is 0 Å². The molecule has 2 aromatic rings. The average molecular weight is 117 g/mol. The summed E-state index contributed by atoms with van der Waals surface area (Å²) in [5.74, 6) is 0. The molecule has 0 saturated carbocycles. The van der Waals surface area contributed by atoms with E-state index in [-0.39, 0.29) is 0 Å². The van der Waals surface area contributed by atoms with Gasteiger partial charge in [0.1, 0.15) is 0 Å². The van der Waals surface area contributed by atoms with Gasteiger partial charge in [0.05, 0.1) is 6.20 Å². The molecule has 3 heteroatoms. The van der Waals surface area contributed by atoms with Gasteiger partial charge in [-0.25, -0.2) is 9.50 Å². The number of imidazole rings is 1. The van der Waals surface area contributed by atoms with Gasteiger partial charge in [0.25, 0.3) is 0 Å². The molecule has 0 N–H and O–H groups in total. The first-order chi connectivity index (χ1) is 4.47. The summed E-state index contributed by atoms with van der Waals surface area (Å²) in [5.41, 5.74) is 0.706. The van der Waals surface area contributed by atoms with Crippen LogP contribution in [-0.2, 0) is 0 Å². The molecule has 0 saturated heterocycles. The van der Waals surface area contributed by atoms with Crippen LogP contribution in [0, 0.1) is 12.1 Å². The van der Waals surface area contributed by atoms with Gasteiger partial charge in [0.2, 0.25) is 5.65 Å². The standard InChI is InChI=1S/C6H3N3/c1-2-6-7-4-5-9(6)8-3-1/h3-5H. The Hall–Kier alpha value is -1.56. The van der Waals surface area contributed by atoms with Crippen LogP contribution in [0.4, 0.5) is 0 Å². The van der Waals surface area contributed by atoms with Crippen molar-refractivity contribution < 1.29 is 0 Å². The van der Waals surface area contributed by atoms with Crippen molar-refractivity contribution in [1.82, 2.24) is 14.6 Å². The number of nitrogens with zero attached hydrogens (tertiary/aromatic N) is 3. The van der Waals surface area contributed by atoms with Crippen LogP contribution >= 0.6 is 0 Å². The normalized spacial score (nSPS) is 9.33. The van der Waals surface area contributed by atoms with Crippen LogP contribution in [0.2, 0.25) is 0 Å². The Morgan fingerprint density at radius 1 is 1.56 bits per heavy atom. The zero-order valence-electron chi connectivity index (χ0n) is 4.57. The summed E-state index contributed by atoms with van der Waals surface area (Å²) in [6, 6.07) is 5.50. The summed E-state index contributed by atoms with van der Waals surface area (Å²) in [5, 5.41) is 3.91. The van der Waals surface area contributed by atoms with Gasteiger partial charge in [-0.05, 0) is 12.1 Å². The zero-order chi connectivity index (χ0) is 6.10. The van der Waals surface area contributed by atoms with Crippen LogP contribution in [0.1, 0.15) is 0 Å². The maximum Gasteiger partial charge on any atom is 0.206 e. The van der Waals surface area contributed by atoms with Gasteiger partial charge in [0.15, 0.2) is 0 Å². The van der Waals surface area contributed by atoms with Gasteiger partial charge in [-0.3, -0.25) is 0 Å². The molecule has 42 valence electrons. The molecule has 0 aliphatic heterocycles. The number of fused-ring (bicyclic) bond motifs is 1. The molecule has 0 spiro atoms. The van der Waals surface area contributed by atoms with Gasteiger partial charge in [-0.1, -0.05) is 0 Å². The van der Waals surface area contributed by atoms with Crippen LogP contribution in [0.25, 0.3) is 5.65 Å². The second kappa shape index (κ2) is 1.46. The predicted octanol–water partition coefficient (Wildman–Crippen LogP) is 0.330. The van der Waals surface area contributed by atoms with Gasteiger partial charge in [-0.15, -0.1) is 0 Å². The van der Waals surface area contributed by atoms with E-state index in [4.69, 9.17) is 0 Å². The first-order valence-electron chi connectivity index (χ1n) is 2.54. The van der Waals surface area contributed by atoms with Crippen molar-refractivity contribution >= 4 is 5.65 Å². The highest BCUT2D eigenvalue weighted by molar-refractivity contribution is 5.29. The lowest BCUT2D eigenvalue weighted by molar-refractivity contribution is 0.939. The fourth-order valence-corrected chi connectivity index (χ4v) is 0.667. The maximum atomic E-state index is 3.93. The monoisotopic (exact) mass is 117 g/mol. The summed E-state index contributed by atoms with van der Waals surface area (Å²) in [6.07, 6.45) is 4.99. The zero-order valence-corrected chi connectivity index (χ0v) is 4.57. The van der Waals surface area contributed by atoms with E-state index in [1.807, 2.05) is 0 Å². The Bertz CT molecular complexity index is 282. The first-order valence-corrected chi connectivity index (χ1v) is 2.54. The third-order valence-electron chi connectivity index (χ3n) is 1.05. The molecular weight excluding hydrogens is 114 g/mol. The maximum absolute atomic E-state index is 3.93. The lowest BCUT2D eigenvalue weighted by Gasteiger charge is -1.80. The van der Waals surface area contributed by atoms with E-state index in [0.717, 1.165) is 0 Å². The first kappa shape index (κ1) is 4.33. The fourth-order valence-electron chi connectivity index (χ4n) is 0.667. The van der Waals surface area contributed by atoms with Crippen molar-refractivity contribution in [2.45, 2.75) is 0 Å². The average Bonchev–Trinajstić information content (AvgIpc) is 2.33. The van der Waals surface area contributed by atoms with E-state index in [0.29, 0.717) is 5.65 Å². The summed E-state index contributed by atoms with van der Waals surface area (Å²) >= 11 is 0. The van der Waals surface area contributed by atoms with Crippen LogP contribution in [0.5, 0.6) is 0 Å². The minimum atomic E-state index is 0.706. The lowest BCUT2D eigenvalue weighted by Crippen LogP contribution is -1.84. The Morgan fingerprint density at radius 2 is 2.56 bits per heavy atom. The van der Waals surface area contributed by atoms with Crippen LogP contribution in [-0.4, -0.2) is 14.6 Å². The molecule has 9 heavy (non-hydrogen) atoms. The minimum absolute atomic E-state index is 0.706. The third kappa shape index (κ3) is 0.533.